The number of amides is 1. The molecule has 0 unspecified atom stereocenters. The van der Waals surface area contributed by atoms with E-state index in [1.165, 1.54) is 6.07 Å². The second-order valence-corrected chi connectivity index (χ2v) is 8.65. The van der Waals surface area contributed by atoms with Gasteiger partial charge in [-0.05, 0) is 42.8 Å². The van der Waals surface area contributed by atoms with Crippen molar-refractivity contribution in [2.45, 2.75) is 12.8 Å². The molecule has 4 rings (SSSR count). The van der Waals surface area contributed by atoms with E-state index in [1.54, 1.807) is 24.3 Å². The summed E-state index contributed by atoms with van der Waals surface area (Å²) >= 11 is 12.1. The smallest absolute Gasteiger partial charge is 0.308 e. The molecule has 1 amide bonds. The normalized spacial score (nSPS) is 14.5. The average Bonchev–Trinajstić information content (AvgIpc) is 3.28. The number of piperazine rings is 1. The molecule has 0 saturated carbocycles. The fourth-order valence-electron chi connectivity index (χ4n) is 3.75. The van der Waals surface area contributed by atoms with Gasteiger partial charge in [0.25, 0.3) is 0 Å². The number of hydrogen-bond acceptors (Lipinski definition) is 6. The Morgan fingerprint density at radius 1 is 1.09 bits per heavy atom. The third kappa shape index (κ3) is 6.22. The van der Waals surface area contributed by atoms with Crippen LogP contribution in [0.4, 0.5) is 10.1 Å². The van der Waals surface area contributed by atoms with Crippen molar-refractivity contribution in [3.05, 3.63) is 75.7 Å². The van der Waals surface area contributed by atoms with E-state index in [9.17, 15) is 9.18 Å². The number of carbonyl (C=O) groups excluding carboxylic acids is 1. The van der Waals surface area contributed by atoms with Crippen LogP contribution in [0.25, 0.3) is 0 Å². The summed E-state index contributed by atoms with van der Waals surface area (Å²) in [6.45, 7) is 4.58. The highest BCUT2D eigenvalue weighted by atomic mass is 35.5. The van der Waals surface area contributed by atoms with Gasteiger partial charge in [0.05, 0.1) is 12.1 Å². The van der Waals surface area contributed by atoms with Gasteiger partial charge in [-0.25, -0.2) is 4.39 Å². The standard InChI is InChI=1S/C23H24Cl2FN5O2/c24-17-7-6-16(18(25)15-17)14-21-28-29-23(33-21)22(32)27-8-3-9-30-10-12-31(13-11-30)20-5-2-1-4-19(20)26/h1-2,4-7,15H,3,8-14H2,(H,27,32). The Kier molecular flexibility index (Phi) is 7.80. The number of nitrogens with one attached hydrogen (secondary N) is 1. The Bertz CT molecular complexity index is 1100. The van der Waals surface area contributed by atoms with Crippen LogP contribution in [0.5, 0.6) is 0 Å². The molecule has 0 atom stereocenters. The van der Waals surface area contributed by atoms with E-state index in [-0.39, 0.29) is 11.7 Å². The van der Waals surface area contributed by atoms with Crippen LogP contribution in [0.1, 0.15) is 28.6 Å². The minimum Gasteiger partial charge on any atom is -0.417 e. The van der Waals surface area contributed by atoms with Gasteiger partial charge in [-0.15, -0.1) is 10.2 Å². The molecule has 0 bridgehead atoms. The van der Waals surface area contributed by atoms with Crippen LogP contribution >= 0.6 is 23.2 Å². The van der Waals surface area contributed by atoms with Crippen molar-refractivity contribution in [3.8, 4) is 0 Å². The van der Waals surface area contributed by atoms with Gasteiger partial charge >= 0.3 is 11.8 Å². The molecule has 0 aliphatic carbocycles. The molecule has 3 aromatic rings. The molecule has 2 aromatic carbocycles. The Labute approximate surface area is 201 Å². The molecule has 7 nitrogen and oxygen atoms in total. The van der Waals surface area contributed by atoms with Crippen molar-refractivity contribution in [3.63, 3.8) is 0 Å². The molecule has 0 spiro atoms. The summed E-state index contributed by atoms with van der Waals surface area (Å²) in [4.78, 5) is 16.7. The van der Waals surface area contributed by atoms with Gasteiger partial charge in [0.2, 0.25) is 5.89 Å². The van der Waals surface area contributed by atoms with Crippen molar-refractivity contribution in [2.24, 2.45) is 0 Å². The van der Waals surface area contributed by atoms with Crippen LogP contribution < -0.4 is 10.2 Å². The average molecular weight is 492 g/mol. The predicted molar refractivity (Wildman–Crippen MR) is 126 cm³/mol. The largest absolute Gasteiger partial charge is 0.417 e. The van der Waals surface area contributed by atoms with E-state index >= 15 is 0 Å². The molecular weight excluding hydrogens is 468 g/mol. The maximum absolute atomic E-state index is 14.0. The van der Waals surface area contributed by atoms with E-state index in [2.05, 4.69) is 25.3 Å². The molecule has 1 aromatic heterocycles. The molecule has 2 heterocycles. The van der Waals surface area contributed by atoms with Crippen molar-refractivity contribution < 1.29 is 13.6 Å². The maximum atomic E-state index is 14.0. The summed E-state index contributed by atoms with van der Waals surface area (Å²) in [5.74, 6) is -0.361. The highest BCUT2D eigenvalue weighted by Gasteiger charge is 2.19. The molecule has 1 saturated heterocycles. The van der Waals surface area contributed by atoms with Crippen LogP contribution in [-0.4, -0.2) is 60.3 Å². The van der Waals surface area contributed by atoms with Gasteiger partial charge < -0.3 is 14.6 Å². The van der Waals surface area contributed by atoms with Crippen LogP contribution in [0.3, 0.4) is 0 Å². The Balaban J connectivity index is 1.17. The van der Waals surface area contributed by atoms with E-state index in [0.717, 1.165) is 44.7 Å². The van der Waals surface area contributed by atoms with Gasteiger partial charge in [-0.1, -0.05) is 41.4 Å². The van der Waals surface area contributed by atoms with Crippen molar-refractivity contribution in [1.82, 2.24) is 20.4 Å². The number of nitrogens with zero attached hydrogens (tertiary/aromatic N) is 4. The lowest BCUT2D eigenvalue weighted by Gasteiger charge is -2.36. The van der Waals surface area contributed by atoms with E-state index in [1.807, 2.05) is 12.1 Å². The zero-order chi connectivity index (χ0) is 23.2. The minimum atomic E-state index is -0.402. The van der Waals surface area contributed by atoms with E-state index < -0.39 is 5.91 Å². The molecule has 174 valence electrons. The number of aromatic nitrogens is 2. The number of carbonyl (C=O) groups is 1. The summed E-state index contributed by atoms with van der Waals surface area (Å²) in [6.07, 6.45) is 1.10. The van der Waals surface area contributed by atoms with Crippen LogP contribution in [0, 0.1) is 5.82 Å². The summed E-state index contributed by atoms with van der Waals surface area (Å²) in [5.41, 5.74) is 1.44. The fraction of sp³-hybridized carbons (Fsp3) is 0.348. The molecule has 10 heteroatoms. The molecule has 33 heavy (non-hydrogen) atoms. The van der Waals surface area contributed by atoms with Gasteiger partial charge in [0.15, 0.2) is 0 Å². The zero-order valence-electron chi connectivity index (χ0n) is 17.9. The summed E-state index contributed by atoms with van der Waals surface area (Å²) in [7, 11) is 0. The lowest BCUT2D eigenvalue weighted by Crippen LogP contribution is -2.47. The molecular formula is C23H24Cl2FN5O2. The van der Waals surface area contributed by atoms with Crippen LogP contribution in [0.15, 0.2) is 46.9 Å². The van der Waals surface area contributed by atoms with Crippen molar-refractivity contribution >= 4 is 34.8 Å². The fourth-order valence-corrected chi connectivity index (χ4v) is 4.22. The molecule has 1 fully saturated rings. The van der Waals surface area contributed by atoms with Gasteiger partial charge in [-0.2, -0.15) is 0 Å². The number of para-hydroxylation sites is 1. The second kappa shape index (κ2) is 11.0. The van der Waals surface area contributed by atoms with Crippen molar-refractivity contribution in [2.75, 3.05) is 44.2 Å². The SMILES string of the molecule is O=C(NCCCN1CCN(c2ccccc2F)CC1)c1nnc(Cc2ccc(Cl)cc2Cl)o1. The lowest BCUT2D eigenvalue weighted by molar-refractivity contribution is 0.0915. The first-order valence-electron chi connectivity index (χ1n) is 10.8. The predicted octanol–water partition coefficient (Wildman–Crippen LogP) is 4.05. The number of hydrogen-bond donors (Lipinski definition) is 1. The Hall–Kier alpha value is -2.68. The first-order valence-corrected chi connectivity index (χ1v) is 11.5. The van der Waals surface area contributed by atoms with E-state index in [0.29, 0.717) is 34.6 Å². The Morgan fingerprint density at radius 3 is 2.64 bits per heavy atom. The third-order valence-electron chi connectivity index (χ3n) is 5.52. The molecule has 1 aliphatic rings. The Morgan fingerprint density at radius 2 is 1.88 bits per heavy atom. The summed E-state index contributed by atoms with van der Waals surface area (Å²) in [6, 6.07) is 12.0. The molecule has 1 aliphatic heterocycles. The first-order chi connectivity index (χ1) is 16.0. The van der Waals surface area contributed by atoms with Crippen LogP contribution in [0.2, 0.25) is 10.0 Å². The van der Waals surface area contributed by atoms with Gasteiger partial charge in [0.1, 0.15) is 5.82 Å². The highest BCUT2D eigenvalue weighted by molar-refractivity contribution is 6.35. The quantitative estimate of drug-likeness (QED) is 0.479. The number of benzene rings is 2. The summed E-state index contributed by atoms with van der Waals surface area (Å²) in [5, 5.41) is 11.6. The summed E-state index contributed by atoms with van der Waals surface area (Å²) < 4.78 is 19.4. The van der Waals surface area contributed by atoms with E-state index in [4.69, 9.17) is 27.6 Å². The number of halogens is 3. The van der Waals surface area contributed by atoms with Crippen LogP contribution in [-0.2, 0) is 6.42 Å². The third-order valence-corrected chi connectivity index (χ3v) is 6.11. The van der Waals surface area contributed by atoms with Gasteiger partial charge in [-0.3, -0.25) is 9.69 Å². The highest BCUT2D eigenvalue weighted by Crippen LogP contribution is 2.23. The molecule has 1 N–H and O–H groups in total. The number of rotatable bonds is 8. The topological polar surface area (TPSA) is 74.5 Å². The number of anilines is 1. The minimum absolute atomic E-state index is 0.0754. The van der Waals surface area contributed by atoms with Gasteiger partial charge in [0, 0.05) is 42.8 Å². The molecule has 0 radical (unpaired) electrons. The zero-order valence-corrected chi connectivity index (χ0v) is 19.4. The lowest BCUT2D eigenvalue weighted by atomic mass is 10.1. The first kappa shape index (κ1) is 23.5. The van der Waals surface area contributed by atoms with Crippen molar-refractivity contribution in [1.29, 1.82) is 0 Å². The maximum Gasteiger partial charge on any atom is 0.308 e. The monoisotopic (exact) mass is 491 g/mol. The second-order valence-electron chi connectivity index (χ2n) is 7.80.